The number of hydrogen-bond acceptors (Lipinski definition) is 4. The van der Waals surface area contributed by atoms with Crippen molar-refractivity contribution >= 4 is 17.2 Å². The van der Waals surface area contributed by atoms with E-state index in [0.29, 0.717) is 17.5 Å². The average Bonchev–Trinajstić information content (AvgIpc) is 2.33. The lowest BCUT2D eigenvalue weighted by molar-refractivity contribution is 0.0904. The van der Waals surface area contributed by atoms with Crippen LogP contribution >= 0.6 is 0 Å². The Bertz CT molecular complexity index is 407. The Hall–Kier alpha value is -1.80. The summed E-state index contributed by atoms with van der Waals surface area (Å²) in [5.74, 6) is 0.329. The van der Waals surface area contributed by atoms with Crippen LogP contribution in [0.5, 0.6) is 0 Å². The monoisotopic (exact) mass is 218 g/mol. The van der Waals surface area contributed by atoms with Crippen LogP contribution in [-0.2, 0) is 4.74 Å². The first kappa shape index (κ1) is 10.7. The van der Waals surface area contributed by atoms with Crippen molar-refractivity contribution in [3.05, 3.63) is 23.7 Å². The van der Waals surface area contributed by atoms with Crippen molar-refractivity contribution in [3.63, 3.8) is 0 Å². The molecule has 1 aromatic rings. The Kier molecular flexibility index (Phi) is 3.22. The third-order valence-corrected chi connectivity index (χ3v) is 2.62. The first-order chi connectivity index (χ1) is 7.79. The number of hydrogen-bond donors (Lipinski definition) is 2. The van der Waals surface area contributed by atoms with Crippen molar-refractivity contribution in [1.82, 2.24) is 4.98 Å². The first-order valence-corrected chi connectivity index (χ1v) is 5.27. The number of aromatic nitrogens is 1. The van der Waals surface area contributed by atoms with Crippen molar-refractivity contribution in [2.45, 2.75) is 18.9 Å². The number of nitrogens with zero attached hydrogens (tertiary/aromatic N) is 2. The highest BCUT2D eigenvalue weighted by molar-refractivity contribution is 5.69. The molecule has 0 aliphatic carbocycles. The Balaban J connectivity index is 2.06. The largest absolute Gasteiger partial charge is 0.398 e. The molecule has 0 spiro atoms. The fourth-order valence-electron chi connectivity index (χ4n) is 1.70. The summed E-state index contributed by atoms with van der Waals surface area (Å²) in [6.07, 6.45) is 3.58. The molecule has 1 aliphatic rings. The van der Waals surface area contributed by atoms with Gasteiger partial charge in [-0.15, -0.1) is 4.98 Å². The van der Waals surface area contributed by atoms with E-state index in [-0.39, 0.29) is 0 Å². The van der Waals surface area contributed by atoms with Gasteiger partial charge in [0, 0.05) is 24.9 Å². The lowest BCUT2D eigenvalue weighted by atomic mass is 10.1. The maximum atomic E-state index is 6.83. The lowest BCUT2D eigenvalue weighted by Crippen LogP contribution is -2.28. The lowest BCUT2D eigenvalue weighted by Gasteiger charge is -2.24. The molecule has 0 radical (unpaired) electrons. The second-order valence-electron chi connectivity index (χ2n) is 3.77. The molecule has 1 fully saturated rings. The molecule has 2 rings (SSSR count). The molecule has 2 heterocycles. The van der Waals surface area contributed by atoms with Gasteiger partial charge in [0.25, 0.3) is 5.82 Å². The zero-order chi connectivity index (χ0) is 11.4. The summed E-state index contributed by atoms with van der Waals surface area (Å²) in [4.78, 5) is 7.23. The smallest absolute Gasteiger partial charge is 0.271 e. The van der Waals surface area contributed by atoms with Crippen LogP contribution in [-0.4, -0.2) is 24.2 Å². The van der Waals surface area contributed by atoms with Crippen molar-refractivity contribution in [2.24, 2.45) is 0 Å². The summed E-state index contributed by atoms with van der Waals surface area (Å²) >= 11 is 0. The third kappa shape index (κ3) is 2.41. The molecule has 16 heavy (non-hydrogen) atoms. The van der Waals surface area contributed by atoms with Crippen molar-refractivity contribution in [1.29, 1.82) is 0 Å². The number of nitrogen functional groups attached to an aromatic ring is 1. The Morgan fingerprint density at radius 3 is 2.88 bits per heavy atom. The summed E-state index contributed by atoms with van der Waals surface area (Å²) in [6, 6.07) is 1.98. The standard InChI is InChI=1S/C11H14N4O/c1-13-11-6-9(12)10(7-14-11)15-8-2-4-16-5-3-8/h6-8,15H,2-5H2,(H2,12,14). The molecular weight excluding hydrogens is 204 g/mol. The van der Waals surface area contributed by atoms with Gasteiger partial charge in [0.15, 0.2) is 0 Å². The van der Waals surface area contributed by atoms with Crippen LogP contribution in [0.2, 0.25) is 0 Å². The SMILES string of the molecule is [C-]#[N+]c1cc(N)c(NC2CCOCC2)cn1. The predicted octanol–water partition coefficient (Wildman–Crippen LogP) is 1.81. The number of anilines is 2. The summed E-state index contributed by atoms with van der Waals surface area (Å²) < 4.78 is 5.28. The van der Waals surface area contributed by atoms with Crippen LogP contribution < -0.4 is 11.1 Å². The number of rotatable bonds is 2. The van der Waals surface area contributed by atoms with E-state index in [2.05, 4.69) is 15.1 Å². The number of ether oxygens (including phenoxy) is 1. The van der Waals surface area contributed by atoms with Gasteiger partial charge in [-0.1, -0.05) is 6.57 Å². The Labute approximate surface area is 94.4 Å². The highest BCUT2D eigenvalue weighted by atomic mass is 16.5. The Morgan fingerprint density at radius 1 is 1.50 bits per heavy atom. The Morgan fingerprint density at radius 2 is 2.25 bits per heavy atom. The van der Waals surface area contributed by atoms with Crippen LogP contribution in [0.3, 0.4) is 0 Å². The van der Waals surface area contributed by atoms with E-state index in [0.717, 1.165) is 31.7 Å². The highest BCUT2D eigenvalue weighted by Gasteiger charge is 2.15. The van der Waals surface area contributed by atoms with Gasteiger partial charge in [0.05, 0.1) is 5.69 Å². The van der Waals surface area contributed by atoms with Crippen LogP contribution in [0.15, 0.2) is 12.3 Å². The zero-order valence-electron chi connectivity index (χ0n) is 8.94. The van der Waals surface area contributed by atoms with Gasteiger partial charge >= 0.3 is 0 Å². The second kappa shape index (κ2) is 4.81. The van der Waals surface area contributed by atoms with E-state index in [4.69, 9.17) is 17.0 Å². The summed E-state index contributed by atoms with van der Waals surface area (Å²) in [6.45, 7) is 8.40. The van der Waals surface area contributed by atoms with Gasteiger partial charge in [-0.25, -0.2) is 0 Å². The van der Waals surface area contributed by atoms with Crippen LogP contribution in [0.4, 0.5) is 17.2 Å². The normalized spacial score (nSPS) is 16.7. The topological polar surface area (TPSA) is 64.5 Å². The molecule has 84 valence electrons. The average molecular weight is 218 g/mol. The van der Waals surface area contributed by atoms with E-state index >= 15 is 0 Å². The van der Waals surface area contributed by atoms with E-state index in [9.17, 15) is 0 Å². The number of nitrogens with two attached hydrogens (primary N) is 1. The van der Waals surface area contributed by atoms with E-state index in [1.165, 1.54) is 0 Å². The maximum Gasteiger partial charge on any atom is 0.271 e. The fraction of sp³-hybridized carbons (Fsp3) is 0.455. The molecule has 1 aliphatic heterocycles. The summed E-state index contributed by atoms with van der Waals surface area (Å²) in [5.41, 5.74) is 7.22. The van der Waals surface area contributed by atoms with Crippen LogP contribution in [0, 0.1) is 6.57 Å². The van der Waals surface area contributed by atoms with Gasteiger partial charge in [-0.3, -0.25) is 0 Å². The number of pyridine rings is 1. The first-order valence-electron chi connectivity index (χ1n) is 5.27. The maximum absolute atomic E-state index is 6.83. The zero-order valence-corrected chi connectivity index (χ0v) is 8.94. The van der Waals surface area contributed by atoms with Crippen molar-refractivity contribution < 1.29 is 4.74 Å². The second-order valence-corrected chi connectivity index (χ2v) is 3.77. The van der Waals surface area contributed by atoms with Crippen molar-refractivity contribution in [2.75, 3.05) is 24.3 Å². The minimum absolute atomic E-state index is 0.329. The molecule has 3 N–H and O–H groups in total. The quantitative estimate of drug-likeness (QED) is 0.743. The van der Waals surface area contributed by atoms with Crippen LogP contribution in [0.1, 0.15) is 12.8 Å². The molecule has 0 aromatic carbocycles. The summed E-state index contributed by atoms with van der Waals surface area (Å²) in [5, 5.41) is 3.33. The third-order valence-electron chi connectivity index (χ3n) is 2.62. The molecule has 0 saturated carbocycles. The van der Waals surface area contributed by atoms with E-state index in [1.54, 1.807) is 12.3 Å². The molecule has 1 saturated heterocycles. The molecular formula is C11H14N4O. The van der Waals surface area contributed by atoms with Crippen molar-refractivity contribution in [3.8, 4) is 0 Å². The molecule has 0 amide bonds. The molecule has 1 aromatic heterocycles. The van der Waals surface area contributed by atoms with Gasteiger partial charge in [-0.2, -0.15) is 0 Å². The van der Waals surface area contributed by atoms with Gasteiger partial charge in [0.1, 0.15) is 6.20 Å². The van der Waals surface area contributed by atoms with Gasteiger partial charge < -0.3 is 20.6 Å². The highest BCUT2D eigenvalue weighted by Crippen LogP contribution is 2.24. The van der Waals surface area contributed by atoms with E-state index in [1.807, 2.05) is 0 Å². The van der Waals surface area contributed by atoms with Crippen LogP contribution in [0.25, 0.3) is 4.85 Å². The van der Waals surface area contributed by atoms with Gasteiger partial charge in [-0.05, 0) is 18.9 Å². The molecule has 0 bridgehead atoms. The molecule has 0 unspecified atom stereocenters. The molecule has 0 atom stereocenters. The summed E-state index contributed by atoms with van der Waals surface area (Å²) in [7, 11) is 0. The van der Waals surface area contributed by atoms with Gasteiger partial charge in [0.2, 0.25) is 0 Å². The predicted molar refractivity (Wildman–Crippen MR) is 62.4 cm³/mol. The number of nitrogens with one attached hydrogen (secondary N) is 1. The minimum atomic E-state index is 0.329. The fourth-order valence-corrected chi connectivity index (χ4v) is 1.70. The minimum Gasteiger partial charge on any atom is -0.398 e. The molecule has 5 nitrogen and oxygen atoms in total. The molecule has 5 heteroatoms. The van der Waals surface area contributed by atoms with E-state index < -0.39 is 0 Å².